The van der Waals surface area contributed by atoms with E-state index in [9.17, 15) is 9.59 Å². The zero-order chi connectivity index (χ0) is 14.1. The molecule has 20 heavy (non-hydrogen) atoms. The van der Waals surface area contributed by atoms with Gasteiger partial charge in [-0.15, -0.1) is 0 Å². The number of aryl methyl sites for hydroxylation is 1. The number of hydrogen-bond acceptors (Lipinski definition) is 3. The molecular formula is C14H20N4O2. The van der Waals surface area contributed by atoms with Gasteiger partial charge < -0.3 is 10.2 Å². The SMILES string of the molecule is Cn1cc(N2C[C@H](C(=O)NC3CCCC3)CC2=O)cn1. The summed E-state index contributed by atoms with van der Waals surface area (Å²) >= 11 is 0. The van der Waals surface area contributed by atoms with E-state index in [4.69, 9.17) is 0 Å². The minimum atomic E-state index is -0.233. The maximum Gasteiger partial charge on any atom is 0.227 e. The van der Waals surface area contributed by atoms with Crippen LogP contribution in [-0.2, 0) is 16.6 Å². The average molecular weight is 276 g/mol. The molecule has 1 saturated heterocycles. The number of aromatic nitrogens is 2. The van der Waals surface area contributed by atoms with Crippen molar-refractivity contribution in [1.29, 1.82) is 0 Å². The molecule has 0 spiro atoms. The Morgan fingerprint density at radius 2 is 2.15 bits per heavy atom. The van der Waals surface area contributed by atoms with E-state index in [2.05, 4.69) is 10.4 Å². The Kier molecular flexibility index (Phi) is 3.46. The molecule has 1 aromatic heterocycles. The number of amides is 2. The summed E-state index contributed by atoms with van der Waals surface area (Å²) in [4.78, 5) is 25.9. The first-order valence-corrected chi connectivity index (χ1v) is 7.23. The zero-order valence-electron chi connectivity index (χ0n) is 11.7. The largest absolute Gasteiger partial charge is 0.353 e. The molecule has 2 aliphatic rings. The molecular weight excluding hydrogens is 256 g/mol. The Labute approximate surface area is 118 Å². The number of carbonyl (C=O) groups is 2. The number of rotatable bonds is 3. The van der Waals surface area contributed by atoms with Crippen molar-refractivity contribution in [3.8, 4) is 0 Å². The monoisotopic (exact) mass is 276 g/mol. The summed E-state index contributed by atoms with van der Waals surface area (Å²) in [5, 5.41) is 7.15. The smallest absolute Gasteiger partial charge is 0.227 e. The van der Waals surface area contributed by atoms with Crippen molar-refractivity contribution < 1.29 is 9.59 Å². The van der Waals surface area contributed by atoms with Crippen molar-refractivity contribution in [2.75, 3.05) is 11.4 Å². The summed E-state index contributed by atoms with van der Waals surface area (Å²) in [6.07, 6.45) is 8.28. The second kappa shape index (κ2) is 5.26. The van der Waals surface area contributed by atoms with Crippen molar-refractivity contribution in [3.63, 3.8) is 0 Å². The Hall–Kier alpha value is -1.85. The first kappa shape index (κ1) is 13.1. The predicted octanol–water partition coefficient (Wildman–Crippen LogP) is 0.832. The molecule has 6 nitrogen and oxygen atoms in total. The van der Waals surface area contributed by atoms with Crippen LogP contribution in [0.3, 0.4) is 0 Å². The average Bonchev–Trinajstić information content (AvgIpc) is 3.10. The second-order valence-corrected chi connectivity index (χ2v) is 5.77. The number of nitrogens with one attached hydrogen (secondary N) is 1. The van der Waals surface area contributed by atoms with Gasteiger partial charge in [0.2, 0.25) is 11.8 Å². The molecule has 2 heterocycles. The molecule has 2 fully saturated rings. The third-order valence-corrected chi connectivity index (χ3v) is 4.20. The lowest BCUT2D eigenvalue weighted by Gasteiger charge is -2.16. The van der Waals surface area contributed by atoms with Crippen molar-refractivity contribution in [3.05, 3.63) is 12.4 Å². The van der Waals surface area contributed by atoms with Gasteiger partial charge in [-0.2, -0.15) is 5.10 Å². The first-order chi connectivity index (χ1) is 9.63. The molecule has 0 unspecified atom stereocenters. The van der Waals surface area contributed by atoms with Crippen molar-refractivity contribution in [1.82, 2.24) is 15.1 Å². The van der Waals surface area contributed by atoms with Gasteiger partial charge in [-0.1, -0.05) is 12.8 Å². The third-order valence-electron chi connectivity index (χ3n) is 4.20. The lowest BCUT2D eigenvalue weighted by molar-refractivity contribution is -0.126. The lowest BCUT2D eigenvalue weighted by atomic mass is 10.1. The zero-order valence-corrected chi connectivity index (χ0v) is 11.7. The first-order valence-electron chi connectivity index (χ1n) is 7.23. The molecule has 1 aromatic rings. The number of hydrogen-bond donors (Lipinski definition) is 1. The van der Waals surface area contributed by atoms with Crippen LogP contribution in [0, 0.1) is 5.92 Å². The van der Waals surface area contributed by atoms with Crippen molar-refractivity contribution in [2.45, 2.75) is 38.1 Å². The van der Waals surface area contributed by atoms with E-state index in [1.807, 2.05) is 7.05 Å². The standard InChI is InChI=1S/C14H20N4O2/c1-17-9-12(7-15-17)18-8-10(6-13(18)19)14(20)16-11-4-2-3-5-11/h7,9-11H,2-6,8H2,1H3,(H,16,20)/t10-/m1/s1. The van der Waals surface area contributed by atoms with E-state index in [0.29, 0.717) is 19.0 Å². The van der Waals surface area contributed by atoms with Crippen molar-refractivity contribution in [2.24, 2.45) is 13.0 Å². The van der Waals surface area contributed by atoms with Crippen molar-refractivity contribution >= 4 is 17.5 Å². The Balaban J connectivity index is 1.62. The normalized spacial score (nSPS) is 23.6. The van der Waals surface area contributed by atoms with Gasteiger partial charge in [0.25, 0.3) is 0 Å². The Bertz CT molecular complexity index is 519. The van der Waals surface area contributed by atoms with Gasteiger partial charge in [-0.3, -0.25) is 14.3 Å². The second-order valence-electron chi connectivity index (χ2n) is 5.77. The highest BCUT2D eigenvalue weighted by molar-refractivity contribution is 6.00. The highest BCUT2D eigenvalue weighted by atomic mass is 16.2. The molecule has 1 atom stereocenters. The van der Waals surface area contributed by atoms with Gasteiger partial charge in [0.1, 0.15) is 0 Å². The number of anilines is 1. The van der Waals surface area contributed by atoms with Crippen LogP contribution in [0.4, 0.5) is 5.69 Å². The molecule has 1 N–H and O–H groups in total. The number of carbonyl (C=O) groups excluding carboxylic acids is 2. The Morgan fingerprint density at radius 1 is 1.40 bits per heavy atom. The fourth-order valence-electron chi connectivity index (χ4n) is 3.07. The van der Waals surface area contributed by atoms with E-state index in [1.165, 1.54) is 12.8 Å². The summed E-state index contributed by atoms with van der Waals surface area (Å²) in [7, 11) is 1.81. The van der Waals surface area contributed by atoms with E-state index in [1.54, 1.807) is 22.0 Å². The van der Waals surface area contributed by atoms with Crippen LogP contribution in [-0.4, -0.2) is 34.2 Å². The van der Waals surface area contributed by atoms with E-state index in [0.717, 1.165) is 18.5 Å². The van der Waals surface area contributed by atoms with E-state index >= 15 is 0 Å². The summed E-state index contributed by atoms with van der Waals surface area (Å²) in [5.74, 6) is -0.204. The minimum Gasteiger partial charge on any atom is -0.353 e. The maximum atomic E-state index is 12.2. The molecule has 108 valence electrons. The van der Waals surface area contributed by atoms with Gasteiger partial charge >= 0.3 is 0 Å². The summed E-state index contributed by atoms with van der Waals surface area (Å²) in [6.45, 7) is 0.461. The fourth-order valence-corrected chi connectivity index (χ4v) is 3.07. The minimum absolute atomic E-state index is 0.00423. The maximum absolute atomic E-state index is 12.2. The molecule has 1 aliphatic heterocycles. The molecule has 0 radical (unpaired) electrons. The molecule has 1 aliphatic carbocycles. The van der Waals surface area contributed by atoms with Crippen LogP contribution in [0.25, 0.3) is 0 Å². The van der Waals surface area contributed by atoms with Gasteiger partial charge in [-0.25, -0.2) is 0 Å². The highest BCUT2D eigenvalue weighted by Crippen LogP contribution is 2.25. The quantitative estimate of drug-likeness (QED) is 0.889. The highest BCUT2D eigenvalue weighted by Gasteiger charge is 2.36. The predicted molar refractivity (Wildman–Crippen MR) is 74.1 cm³/mol. The van der Waals surface area contributed by atoms with Gasteiger partial charge in [-0.05, 0) is 12.8 Å². The van der Waals surface area contributed by atoms with Gasteiger partial charge in [0, 0.05) is 32.3 Å². The van der Waals surface area contributed by atoms with E-state index in [-0.39, 0.29) is 17.7 Å². The van der Waals surface area contributed by atoms with Crippen LogP contribution in [0.2, 0.25) is 0 Å². The Morgan fingerprint density at radius 3 is 2.80 bits per heavy atom. The molecule has 2 amide bonds. The third kappa shape index (κ3) is 2.55. The van der Waals surface area contributed by atoms with E-state index < -0.39 is 0 Å². The van der Waals surface area contributed by atoms with Crippen LogP contribution >= 0.6 is 0 Å². The lowest BCUT2D eigenvalue weighted by Crippen LogP contribution is -2.38. The van der Waals surface area contributed by atoms with Gasteiger partial charge in [0.15, 0.2) is 0 Å². The van der Waals surface area contributed by atoms with Crippen LogP contribution in [0.15, 0.2) is 12.4 Å². The summed E-state index contributed by atoms with van der Waals surface area (Å²) in [5.41, 5.74) is 0.772. The molecule has 6 heteroatoms. The topological polar surface area (TPSA) is 67.2 Å². The van der Waals surface area contributed by atoms with Crippen LogP contribution < -0.4 is 10.2 Å². The van der Waals surface area contributed by atoms with Crippen LogP contribution in [0.1, 0.15) is 32.1 Å². The summed E-state index contributed by atoms with van der Waals surface area (Å²) < 4.78 is 1.66. The molecule has 3 rings (SSSR count). The fraction of sp³-hybridized carbons (Fsp3) is 0.643. The van der Waals surface area contributed by atoms with Gasteiger partial charge in [0.05, 0.1) is 17.8 Å². The molecule has 1 saturated carbocycles. The van der Waals surface area contributed by atoms with Crippen LogP contribution in [0.5, 0.6) is 0 Å². The number of nitrogens with zero attached hydrogens (tertiary/aromatic N) is 3. The molecule has 0 aromatic carbocycles. The summed E-state index contributed by atoms with van der Waals surface area (Å²) in [6, 6.07) is 0.310. The molecule has 0 bridgehead atoms.